The monoisotopic (exact) mass is 674 g/mol. The number of benzene rings is 1. The molecule has 2 aliphatic carbocycles. The standard InChI is InChI=1S/C34H36F2N8O3S/c35-23-6-5-21(24-22(13-37)30(38)48-29(23)24)28-26(36)27-25(32(45)44(28)20-3-4-20)31(43-14-18-1-2-19(15-43)39-18)41-33(40-27)47-17-34(7-8-34)16-42-9-11-46-12-10-42/h5-6,18-20,39H,1-4,7-12,14-17,38H2. The number of nitrogens with one attached hydrogen (secondary N) is 1. The Morgan fingerprint density at radius 3 is 2.54 bits per heavy atom. The average Bonchev–Trinajstić information content (AvgIpc) is 4.02. The number of anilines is 2. The SMILES string of the molecule is N#Cc1c(N)sc2c(F)ccc(-c3c(F)c4nc(OCC5(CN6CCOCC6)CC5)nc(N5CC6CCC(C5)N6)c4c(=O)n3C3CC3)c12. The molecule has 11 nitrogen and oxygen atoms in total. The molecular weight excluding hydrogens is 638 g/mol. The second-order valence-electron chi connectivity index (χ2n) is 14.1. The molecule has 2 atom stereocenters. The topological polar surface area (TPSA) is 135 Å². The third-order valence-corrected chi connectivity index (χ3v) is 11.7. The fourth-order valence-electron chi connectivity index (χ4n) is 7.89. The fourth-order valence-corrected chi connectivity index (χ4v) is 8.84. The lowest BCUT2D eigenvalue weighted by molar-refractivity contribution is 0.0231. The molecule has 4 aromatic rings. The van der Waals surface area contributed by atoms with Crippen molar-refractivity contribution < 1.29 is 18.3 Å². The highest BCUT2D eigenvalue weighted by atomic mass is 32.1. The van der Waals surface area contributed by atoms with Gasteiger partial charge in [0, 0.05) is 67.2 Å². The number of hydrogen-bond donors (Lipinski definition) is 2. The van der Waals surface area contributed by atoms with Gasteiger partial charge in [-0.05, 0) is 50.7 Å². The Bertz CT molecular complexity index is 2050. The van der Waals surface area contributed by atoms with E-state index < -0.39 is 17.2 Å². The van der Waals surface area contributed by atoms with Crippen LogP contribution in [-0.4, -0.2) is 84.1 Å². The quantitative estimate of drug-likeness (QED) is 0.281. The first-order chi connectivity index (χ1) is 23.3. The molecule has 48 heavy (non-hydrogen) atoms. The Balaban J connectivity index is 1.21. The van der Waals surface area contributed by atoms with Gasteiger partial charge in [0.1, 0.15) is 33.6 Å². The summed E-state index contributed by atoms with van der Waals surface area (Å²) in [6, 6.07) is 5.03. The number of piperazine rings is 1. The van der Waals surface area contributed by atoms with Gasteiger partial charge in [0.05, 0.1) is 35.8 Å². The van der Waals surface area contributed by atoms with Crippen LogP contribution < -0.4 is 26.2 Å². The molecular formula is C34H36F2N8O3S. The van der Waals surface area contributed by atoms with Gasteiger partial charge in [0.15, 0.2) is 5.82 Å². The van der Waals surface area contributed by atoms with Crippen molar-refractivity contribution in [2.45, 2.75) is 56.7 Å². The minimum atomic E-state index is -0.723. The summed E-state index contributed by atoms with van der Waals surface area (Å²) < 4.78 is 45.9. The van der Waals surface area contributed by atoms with Crippen LogP contribution in [0.4, 0.5) is 19.6 Å². The highest BCUT2D eigenvalue weighted by molar-refractivity contribution is 7.23. The molecule has 250 valence electrons. The highest BCUT2D eigenvalue weighted by Crippen LogP contribution is 2.48. The molecule has 2 saturated carbocycles. The molecule has 3 aliphatic heterocycles. The molecule has 3 aromatic heterocycles. The van der Waals surface area contributed by atoms with E-state index in [1.165, 1.54) is 16.7 Å². The van der Waals surface area contributed by atoms with E-state index in [2.05, 4.69) is 26.2 Å². The summed E-state index contributed by atoms with van der Waals surface area (Å²) in [4.78, 5) is 28.6. The maximum absolute atomic E-state index is 17.4. The van der Waals surface area contributed by atoms with E-state index in [4.69, 9.17) is 20.2 Å². The van der Waals surface area contributed by atoms with Crippen LogP contribution in [0.5, 0.6) is 6.01 Å². The highest BCUT2D eigenvalue weighted by Gasteiger charge is 2.45. The number of pyridine rings is 1. The molecule has 2 bridgehead atoms. The first-order valence-corrected chi connectivity index (χ1v) is 17.6. The summed E-state index contributed by atoms with van der Waals surface area (Å²) in [5.74, 6) is -0.898. The zero-order chi connectivity index (χ0) is 32.7. The number of rotatable bonds is 8. The van der Waals surface area contributed by atoms with Crippen LogP contribution >= 0.6 is 11.3 Å². The number of aromatic nitrogens is 3. The Kier molecular flexibility index (Phi) is 7.13. The van der Waals surface area contributed by atoms with Crippen molar-refractivity contribution in [1.29, 1.82) is 5.26 Å². The Labute approximate surface area is 279 Å². The molecule has 0 radical (unpaired) electrons. The van der Waals surface area contributed by atoms with Crippen LogP contribution in [-0.2, 0) is 4.74 Å². The van der Waals surface area contributed by atoms with Crippen molar-refractivity contribution in [1.82, 2.24) is 24.8 Å². The van der Waals surface area contributed by atoms with E-state index in [0.717, 1.165) is 69.9 Å². The predicted octanol–water partition coefficient (Wildman–Crippen LogP) is 4.17. The summed E-state index contributed by atoms with van der Waals surface area (Å²) in [6.45, 7) is 5.73. The van der Waals surface area contributed by atoms with Crippen LogP contribution in [0.2, 0.25) is 0 Å². The normalized spacial score (nSPS) is 23.6. The lowest BCUT2D eigenvalue weighted by Crippen LogP contribution is -2.51. The third-order valence-electron chi connectivity index (χ3n) is 10.7. The number of nitrogens with two attached hydrogens (primary N) is 1. The molecule has 0 amide bonds. The minimum absolute atomic E-state index is 0.0174. The molecule has 2 unspecified atom stereocenters. The van der Waals surface area contributed by atoms with E-state index in [1.54, 1.807) is 0 Å². The van der Waals surface area contributed by atoms with Crippen LogP contribution in [0.15, 0.2) is 16.9 Å². The molecule has 1 aromatic carbocycles. The van der Waals surface area contributed by atoms with Gasteiger partial charge in [0.25, 0.3) is 5.56 Å². The predicted molar refractivity (Wildman–Crippen MR) is 179 cm³/mol. The number of hydrogen-bond acceptors (Lipinski definition) is 11. The second kappa shape index (κ2) is 11.3. The van der Waals surface area contributed by atoms with E-state index in [1.807, 2.05) is 0 Å². The molecule has 9 rings (SSSR count). The van der Waals surface area contributed by atoms with Crippen LogP contribution in [0.25, 0.3) is 32.2 Å². The summed E-state index contributed by atoms with van der Waals surface area (Å²) >= 11 is 0.941. The van der Waals surface area contributed by atoms with Crippen molar-refractivity contribution in [3.63, 3.8) is 0 Å². The average molecular weight is 675 g/mol. The second-order valence-corrected chi connectivity index (χ2v) is 15.1. The molecule has 3 N–H and O–H groups in total. The van der Waals surface area contributed by atoms with Gasteiger partial charge in [0.2, 0.25) is 0 Å². The Morgan fingerprint density at radius 2 is 1.85 bits per heavy atom. The lowest BCUT2D eigenvalue weighted by atomic mass is 10.0. The van der Waals surface area contributed by atoms with Crippen molar-refractivity contribution in [2.24, 2.45) is 5.41 Å². The number of ether oxygens (including phenoxy) is 2. The van der Waals surface area contributed by atoms with E-state index in [-0.39, 0.29) is 72.4 Å². The maximum Gasteiger partial charge on any atom is 0.319 e. The van der Waals surface area contributed by atoms with E-state index in [9.17, 15) is 10.1 Å². The summed E-state index contributed by atoms with van der Waals surface area (Å²) in [5.41, 5.74) is 5.87. The molecule has 0 spiro atoms. The summed E-state index contributed by atoms with van der Waals surface area (Å²) in [7, 11) is 0. The summed E-state index contributed by atoms with van der Waals surface area (Å²) in [6.07, 6.45) is 5.46. The fraction of sp³-hybridized carbons (Fsp3) is 0.529. The summed E-state index contributed by atoms with van der Waals surface area (Å²) in [5, 5.41) is 14.1. The smallest absolute Gasteiger partial charge is 0.319 e. The first-order valence-electron chi connectivity index (χ1n) is 16.8. The van der Waals surface area contributed by atoms with Gasteiger partial charge in [-0.1, -0.05) is 0 Å². The zero-order valence-electron chi connectivity index (χ0n) is 26.4. The number of halogens is 2. The van der Waals surface area contributed by atoms with Gasteiger partial charge >= 0.3 is 6.01 Å². The number of nitrogen functional groups attached to an aromatic ring is 1. The number of morpholine rings is 1. The maximum atomic E-state index is 17.4. The third kappa shape index (κ3) is 5.01. The van der Waals surface area contributed by atoms with Crippen LogP contribution in [0, 0.1) is 28.4 Å². The number of nitrogens with zero attached hydrogens (tertiary/aromatic N) is 6. The van der Waals surface area contributed by atoms with Crippen molar-refractivity contribution >= 4 is 43.1 Å². The molecule has 5 aliphatic rings. The number of nitriles is 1. The Morgan fingerprint density at radius 1 is 1.10 bits per heavy atom. The van der Waals surface area contributed by atoms with E-state index in [0.29, 0.717) is 38.4 Å². The van der Waals surface area contributed by atoms with Crippen molar-refractivity contribution in [2.75, 3.05) is 63.2 Å². The largest absolute Gasteiger partial charge is 0.463 e. The zero-order valence-corrected chi connectivity index (χ0v) is 27.3. The van der Waals surface area contributed by atoms with Crippen molar-refractivity contribution in [3.8, 4) is 23.3 Å². The van der Waals surface area contributed by atoms with Crippen LogP contribution in [0.1, 0.15) is 50.1 Å². The van der Waals surface area contributed by atoms with Gasteiger partial charge in [-0.15, -0.1) is 11.3 Å². The van der Waals surface area contributed by atoms with Gasteiger partial charge in [-0.2, -0.15) is 15.2 Å². The molecule has 14 heteroatoms. The van der Waals surface area contributed by atoms with Crippen LogP contribution in [0.3, 0.4) is 0 Å². The Hall–Kier alpha value is -3.90. The lowest BCUT2D eigenvalue weighted by Gasteiger charge is -2.34. The van der Waals surface area contributed by atoms with E-state index >= 15 is 8.78 Å². The van der Waals surface area contributed by atoms with Crippen molar-refractivity contribution in [3.05, 3.63) is 39.7 Å². The molecule has 6 heterocycles. The molecule has 3 saturated heterocycles. The molecule has 5 fully saturated rings. The minimum Gasteiger partial charge on any atom is -0.463 e. The van der Waals surface area contributed by atoms with Gasteiger partial charge in [-0.25, -0.2) is 8.78 Å². The van der Waals surface area contributed by atoms with Gasteiger partial charge < -0.3 is 30.0 Å². The van der Waals surface area contributed by atoms with Gasteiger partial charge in [-0.3, -0.25) is 9.69 Å². The first kappa shape index (κ1) is 30.2. The number of thiophene rings is 1. The number of fused-ring (bicyclic) bond motifs is 4.